The standard InChI is InChI=1S/C24H22N6O3/c25-24(26)29-17-8-6-16(7-9-17)23(33)28-18-10-11-19-21(12-18)30(14-27-19)20(13-22(31)32)15-4-2-1-3-5-15/h1-12,14,20H,13H2,(H,28,33)(H,31,32)(H4,25,26,29). The molecule has 0 bridgehead atoms. The third-order valence-electron chi connectivity index (χ3n) is 5.15. The van der Waals surface area contributed by atoms with Crippen LogP contribution in [0.5, 0.6) is 0 Å². The number of anilines is 2. The first-order chi connectivity index (χ1) is 15.9. The van der Waals surface area contributed by atoms with E-state index in [1.807, 2.05) is 34.9 Å². The van der Waals surface area contributed by atoms with Crippen molar-refractivity contribution in [2.75, 3.05) is 10.6 Å². The van der Waals surface area contributed by atoms with Crippen molar-refractivity contribution in [3.05, 3.63) is 90.3 Å². The van der Waals surface area contributed by atoms with Crippen LogP contribution in [0.4, 0.5) is 11.4 Å². The molecule has 0 aliphatic rings. The number of hydrogen-bond acceptors (Lipinski definition) is 4. The zero-order chi connectivity index (χ0) is 23.4. The van der Waals surface area contributed by atoms with Crippen molar-refractivity contribution in [3.63, 3.8) is 0 Å². The van der Waals surface area contributed by atoms with Gasteiger partial charge in [0.15, 0.2) is 5.96 Å². The van der Waals surface area contributed by atoms with E-state index in [9.17, 15) is 14.7 Å². The number of carbonyl (C=O) groups excluding carboxylic acids is 1. The molecule has 0 fully saturated rings. The molecule has 33 heavy (non-hydrogen) atoms. The molecule has 166 valence electrons. The number of carboxylic acids is 1. The number of carboxylic acid groups (broad SMARTS) is 1. The van der Waals surface area contributed by atoms with Gasteiger partial charge >= 0.3 is 5.97 Å². The summed E-state index contributed by atoms with van der Waals surface area (Å²) in [6.45, 7) is 0. The van der Waals surface area contributed by atoms with E-state index in [0.29, 0.717) is 28.0 Å². The first kappa shape index (κ1) is 21.6. The van der Waals surface area contributed by atoms with E-state index in [2.05, 4.69) is 15.6 Å². The summed E-state index contributed by atoms with van der Waals surface area (Å²) in [5.41, 5.74) is 9.17. The molecule has 9 nitrogen and oxygen atoms in total. The highest BCUT2D eigenvalue weighted by molar-refractivity contribution is 6.05. The Bertz CT molecular complexity index is 1320. The van der Waals surface area contributed by atoms with Gasteiger partial charge in [-0.2, -0.15) is 0 Å². The van der Waals surface area contributed by atoms with Gasteiger partial charge in [-0.1, -0.05) is 30.3 Å². The number of hydrogen-bond donors (Lipinski definition) is 5. The lowest BCUT2D eigenvalue weighted by molar-refractivity contribution is -0.137. The molecule has 3 aromatic carbocycles. The fourth-order valence-corrected chi connectivity index (χ4v) is 3.63. The number of fused-ring (bicyclic) bond motifs is 1. The van der Waals surface area contributed by atoms with Gasteiger partial charge < -0.3 is 26.0 Å². The lowest BCUT2D eigenvalue weighted by atomic mass is 10.0. The van der Waals surface area contributed by atoms with E-state index in [0.717, 1.165) is 5.56 Å². The zero-order valence-electron chi connectivity index (χ0n) is 17.5. The van der Waals surface area contributed by atoms with Crippen molar-refractivity contribution in [2.45, 2.75) is 12.5 Å². The Morgan fingerprint density at radius 1 is 1.00 bits per heavy atom. The topological polar surface area (TPSA) is 146 Å². The molecule has 1 aromatic heterocycles. The number of aliphatic carboxylic acids is 1. The molecule has 9 heteroatoms. The summed E-state index contributed by atoms with van der Waals surface area (Å²) in [4.78, 5) is 28.7. The van der Waals surface area contributed by atoms with Crippen molar-refractivity contribution >= 4 is 40.2 Å². The van der Waals surface area contributed by atoms with Crippen LogP contribution in [0.1, 0.15) is 28.4 Å². The average molecular weight is 442 g/mol. The molecule has 1 atom stereocenters. The van der Waals surface area contributed by atoms with E-state index < -0.39 is 12.0 Å². The fourth-order valence-electron chi connectivity index (χ4n) is 3.63. The van der Waals surface area contributed by atoms with Crippen molar-refractivity contribution in [3.8, 4) is 0 Å². The summed E-state index contributed by atoms with van der Waals surface area (Å²) in [6, 6.07) is 20.8. The maximum Gasteiger partial charge on any atom is 0.305 e. The summed E-state index contributed by atoms with van der Waals surface area (Å²) in [7, 11) is 0. The number of nitrogens with one attached hydrogen (secondary N) is 3. The number of carbonyl (C=O) groups is 2. The Balaban J connectivity index is 1.61. The van der Waals surface area contributed by atoms with Crippen LogP contribution in [0.3, 0.4) is 0 Å². The highest BCUT2D eigenvalue weighted by atomic mass is 16.4. The van der Waals surface area contributed by atoms with Crippen LogP contribution in [0.25, 0.3) is 11.0 Å². The van der Waals surface area contributed by atoms with E-state index >= 15 is 0 Å². The van der Waals surface area contributed by atoms with Crippen LogP contribution >= 0.6 is 0 Å². The quantitative estimate of drug-likeness (QED) is 0.218. The van der Waals surface area contributed by atoms with Crippen molar-refractivity contribution < 1.29 is 14.7 Å². The second-order valence-corrected chi connectivity index (χ2v) is 7.45. The molecule has 0 saturated heterocycles. The van der Waals surface area contributed by atoms with Crippen molar-refractivity contribution in [1.82, 2.24) is 9.55 Å². The molecular formula is C24H22N6O3. The molecule has 1 heterocycles. The Hall–Kier alpha value is -4.66. The molecule has 0 aliphatic carbocycles. The number of nitrogens with zero attached hydrogens (tertiary/aromatic N) is 2. The Morgan fingerprint density at radius 2 is 1.70 bits per heavy atom. The second-order valence-electron chi connectivity index (χ2n) is 7.45. The van der Waals surface area contributed by atoms with Crippen LogP contribution in [0.15, 0.2) is 79.1 Å². The normalized spacial score (nSPS) is 11.6. The molecule has 6 N–H and O–H groups in total. The molecule has 0 aliphatic heterocycles. The maximum absolute atomic E-state index is 12.7. The third kappa shape index (κ3) is 4.99. The van der Waals surface area contributed by atoms with Crippen LogP contribution in [0, 0.1) is 5.41 Å². The van der Waals surface area contributed by atoms with Crippen LogP contribution in [0.2, 0.25) is 0 Å². The minimum Gasteiger partial charge on any atom is -0.481 e. The first-order valence-electron chi connectivity index (χ1n) is 10.2. The molecule has 4 rings (SSSR count). The minimum absolute atomic E-state index is 0.104. The number of rotatable bonds is 7. The summed E-state index contributed by atoms with van der Waals surface area (Å²) in [5.74, 6) is -1.41. The number of aromatic nitrogens is 2. The number of guanidine groups is 1. The van der Waals surface area contributed by atoms with Gasteiger partial charge in [-0.25, -0.2) is 4.98 Å². The van der Waals surface area contributed by atoms with Crippen LogP contribution < -0.4 is 16.4 Å². The summed E-state index contributed by atoms with van der Waals surface area (Å²) in [6.07, 6.45) is 1.52. The van der Waals surface area contributed by atoms with E-state index in [1.165, 1.54) is 0 Å². The second kappa shape index (κ2) is 9.23. The molecule has 0 radical (unpaired) electrons. The van der Waals surface area contributed by atoms with Gasteiger partial charge in [-0.3, -0.25) is 15.0 Å². The lowest BCUT2D eigenvalue weighted by Gasteiger charge is -2.18. The monoisotopic (exact) mass is 442 g/mol. The average Bonchev–Trinajstić information content (AvgIpc) is 3.21. The van der Waals surface area contributed by atoms with Gasteiger partial charge in [0.05, 0.1) is 29.8 Å². The molecule has 0 spiro atoms. The highest BCUT2D eigenvalue weighted by Crippen LogP contribution is 2.28. The first-order valence-corrected chi connectivity index (χ1v) is 10.2. The summed E-state index contributed by atoms with van der Waals surface area (Å²) >= 11 is 0. The van der Waals surface area contributed by atoms with E-state index in [1.54, 1.807) is 48.8 Å². The van der Waals surface area contributed by atoms with E-state index in [4.69, 9.17) is 11.1 Å². The molecule has 1 amide bonds. The molecule has 1 unspecified atom stereocenters. The number of imidazole rings is 1. The predicted octanol–water partition coefficient (Wildman–Crippen LogP) is 3.66. The van der Waals surface area contributed by atoms with Crippen LogP contribution in [-0.4, -0.2) is 32.5 Å². The predicted molar refractivity (Wildman–Crippen MR) is 126 cm³/mol. The largest absolute Gasteiger partial charge is 0.481 e. The van der Waals surface area contributed by atoms with Crippen molar-refractivity contribution in [2.24, 2.45) is 5.73 Å². The van der Waals surface area contributed by atoms with Gasteiger partial charge in [0.1, 0.15) is 0 Å². The maximum atomic E-state index is 12.7. The number of benzene rings is 3. The zero-order valence-corrected chi connectivity index (χ0v) is 17.5. The van der Waals surface area contributed by atoms with Gasteiger partial charge in [0.25, 0.3) is 5.91 Å². The number of amides is 1. The smallest absolute Gasteiger partial charge is 0.305 e. The van der Waals surface area contributed by atoms with E-state index in [-0.39, 0.29) is 18.3 Å². The van der Waals surface area contributed by atoms with Gasteiger partial charge in [0.2, 0.25) is 0 Å². The summed E-state index contributed by atoms with van der Waals surface area (Å²) in [5, 5.41) is 22.3. The number of nitrogens with two attached hydrogens (primary N) is 1. The lowest BCUT2D eigenvalue weighted by Crippen LogP contribution is -2.20. The van der Waals surface area contributed by atoms with Crippen LogP contribution in [-0.2, 0) is 4.79 Å². The van der Waals surface area contributed by atoms with Crippen molar-refractivity contribution in [1.29, 1.82) is 5.41 Å². The minimum atomic E-state index is -0.919. The van der Waals surface area contributed by atoms with Gasteiger partial charge in [-0.15, -0.1) is 0 Å². The Labute approximate surface area is 189 Å². The van der Waals surface area contributed by atoms with Gasteiger partial charge in [0, 0.05) is 16.9 Å². The molecule has 0 saturated carbocycles. The Kier molecular flexibility index (Phi) is 6.03. The third-order valence-corrected chi connectivity index (χ3v) is 5.15. The molecular weight excluding hydrogens is 420 g/mol. The fraction of sp³-hybridized carbons (Fsp3) is 0.0833. The van der Waals surface area contributed by atoms with Gasteiger partial charge in [-0.05, 0) is 48.0 Å². The molecule has 4 aromatic rings. The summed E-state index contributed by atoms with van der Waals surface area (Å²) < 4.78 is 1.82. The highest BCUT2D eigenvalue weighted by Gasteiger charge is 2.20. The SMILES string of the molecule is N=C(N)Nc1ccc(C(=O)Nc2ccc3ncn(C(CC(=O)O)c4ccccc4)c3c2)cc1. The Morgan fingerprint density at radius 3 is 2.36 bits per heavy atom.